The molecule has 0 radical (unpaired) electrons. The number of nitrogens with one attached hydrogen (secondary N) is 3. The van der Waals surface area contributed by atoms with Crippen LogP contribution in [0.4, 0.5) is 21.5 Å². The fourth-order valence-corrected chi connectivity index (χ4v) is 14.9. The maximum absolute atomic E-state index is 15.1. The summed E-state index contributed by atoms with van der Waals surface area (Å²) in [6.45, 7) is 12.5. The van der Waals surface area contributed by atoms with Gasteiger partial charge in [0.1, 0.15) is 22.9 Å². The van der Waals surface area contributed by atoms with E-state index in [-0.39, 0.29) is 29.0 Å². The Morgan fingerprint density at radius 2 is 0.728 bits per heavy atom. The highest BCUT2D eigenvalue weighted by atomic mass is 19.1. The maximum Gasteiger partial charge on any atom is 0.274 e. The maximum atomic E-state index is 15.1. The van der Waals surface area contributed by atoms with Crippen molar-refractivity contribution in [1.82, 2.24) is 29.3 Å². The second-order valence-corrected chi connectivity index (χ2v) is 31.3. The first-order valence-corrected chi connectivity index (χ1v) is 39.5. The van der Waals surface area contributed by atoms with Crippen molar-refractivity contribution in [2.45, 2.75) is 155 Å². The normalized spacial score (nSPS) is 14.7. The van der Waals surface area contributed by atoms with Crippen LogP contribution in [0.5, 0.6) is 0 Å². The highest BCUT2D eigenvalue weighted by molar-refractivity contribution is 6.05. The lowest BCUT2D eigenvalue weighted by molar-refractivity contribution is 0.101. The van der Waals surface area contributed by atoms with Crippen molar-refractivity contribution in [3.63, 3.8) is 0 Å². The van der Waals surface area contributed by atoms with Crippen molar-refractivity contribution in [3.05, 3.63) is 337 Å². The van der Waals surface area contributed by atoms with Gasteiger partial charge in [0.15, 0.2) is 5.78 Å². The number of anilines is 3. The number of nitrogens with two attached hydrogens (primary N) is 6. The molecule has 20 heteroatoms. The largest absolute Gasteiger partial charge is 0.326 e. The number of carbonyl (C=O) groups excluding carboxylic acids is 4. The predicted octanol–water partition coefficient (Wildman–Crippen LogP) is 16.8. The van der Waals surface area contributed by atoms with Gasteiger partial charge in [-0.15, -0.1) is 0 Å². The summed E-state index contributed by atoms with van der Waals surface area (Å²) in [6, 6.07) is 72.9. The molecule has 0 saturated heterocycles. The summed E-state index contributed by atoms with van der Waals surface area (Å²) in [5.74, 6) is 0.639. The van der Waals surface area contributed by atoms with E-state index in [1.54, 1.807) is 58.8 Å². The molecule has 0 bridgehead atoms. The third-order valence-corrected chi connectivity index (χ3v) is 22.2. The average Bonchev–Trinajstić information content (AvgIpc) is 1.10. The van der Waals surface area contributed by atoms with Gasteiger partial charge in [-0.25, -0.2) is 18.4 Å². The van der Waals surface area contributed by atoms with Crippen molar-refractivity contribution in [1.29, 1.82) is 0 Å². The number of ketones is 1. The fraction of sp³-hybridized carbons (Fsp3) is 0.287. The first-order valence-electron chi connectivity index (χ1n) is 39.5. The number of benzene rings is 9. The Balaban J connectivity index is 0.000000149. The van der Waals surface area contributed by atoms with Crippen LogP contribution in [0, 0.1) is 58.2 Å². The molecule has 3 aromatic heterocycles. The topological polar surface area (TPSA) is 314 Å². The summed E-state index contributed by atoms with van der Waals surface area (Å²) in [4.78, 5) is 52.2. The molecule has 12 aromatic rings. The Hall–Kier alpha value is -11.6. The van der Waals surface area contributed by atoms with Gasteiger partial charge in [0.2, 0.25) is 0 Å². The molecule has 586 valence electrons. The van der Waals surface area contributed by atoms with Crippen molar-refractivity contribution in [3.8, 4) is 17.1 Å². The van der Waals surface area contributed by atoms with Crippen molar-refractivity contribution < 1.29 is 23.6 Å². The third kappa shape index (κ3) is 19.3. The minimum absolute atomic E-state index is 0.0248. The van der Waals surface area contributed by atoms with E-state index in [4.69, 9.17) is 34.4 Å². The molecular weight excluding hydrogens is 1420 g/mol. The number of hydrogen-bond acceptors (Lipinski definition) is 13. The number of carbonyl (C=O) groups is 4. The highest BCUT2D eigenvalue weighted by Gasteiger charge is 2.37. The van der Waals surface area contributed by atoms with Gasteiger partial charge >= 0.3 is 0 Å². The standard InChI is InChI=1S/C32H34FN5O2.2C31H35N5O/c1-20-16-30(38(37-20)27-5-3-4-23(17-27)19-34)31(40)36-29-18-26(12-13-28(29)33)32(35,15-14-22-6-7-22)25-10-8-24(9-11-25)21(2)39;1-21-6-3-8-25(16-21)31(33,15-14-23-12-13-23)26-9-5-10-27(19-26)34-30(37)29-17-22(2)35-36(29)28-11-4-7-24(18-28)20-32;1-21-9-13-25(14-10-21)31(33,16-15-23-11-12-23)26-6-4-7-27(19-26)34-30(37)29-17-22(2)35-36(29)28-8-3-5-24(18-28)20-32/h3-5,8-13,16-18,22H,6-7,14-15,19,34-35H2,1-2H3,(H,36,40);3-11,16-19,23H,12-15,20,32-33H2,1-2H3,(H,34,37);3-10,13-14,17-19,23H,11-12,15-16,20,32-33H2,1-2H3,(H,34,37). The van der Waals surface area contributed by atoms with Gasteiger partial charge < -0.3 is 50.4 Å². The molecule has 15 N–H and O–H groups in total. The van der Waals surface area contributed by atoms with E-state index < -0.39 is 28.3 Å². The molecule has 0 aliphatic heterocycles. The van der Waals surface area contributed by atoms with E-state index in [0.29, 0.717) is 77.2 Å². The number of rotatable bonds is 28. The average molecular weight is 1530 g/mol. The summed E-state index contributed by atoms with van der Waals surface area (Å²) in [5, 5.41) is 22.5. The van der Waals surface area contributed by atoms with Crippen molar-refractivity contribution >= 4 is 40.6 Å². The number of nitrogens with zero attached hydrogens (tertiary/aromatic N) is 6. The second kappa shape index (κ2) is 35.2. The first-order chi connectivity index (χ1) is 54.9. The van der Waals surface area contributed by atoms with E-state index in [1.165, 1.54) is 67.3 Å². The van der Waals surface area contributed by atoms with Gasteiger partial charge in [0, 0.05) is 36.6 Å². The van der Waals surface area contributed by atoms with Crippen LogP contribution >= 0.6 is 0 Å². The van der Waals surface area contributed by atoms with Gasteiger partial charge in [-0.05, 0) is 239 Å². The molecule has 9 aromatic carbocycles. The molecule has 114 heavy (non-hydrogen) atoms. The molecule has 19 nitrogen and oxygen atoms in total. The third-order valence-electron chi connectivity index (χ3n) is 22.2. The molecule has 3 atom stereocenters. The zero-order chi connectivity index (χ0) is 80.4. The molecule has 3 aliphatic rings. The number of halogens is 1. The second-order valence-electron chi connectivity index (χ2n) is 31.3. The van der Waals surface area contributed by atoms with Crippen LogP contribution in [0.3, 0.4) is 0 Å². The first kappa shape index (κ1) is 80.4. The summed E-state index contributed by atoms with van der Waals surface area (Å²) in [5.41, 5.74) is 55.4. The number of Topliss-reactive ketones (excluding diaryl/α,β-unsaturated/α-hetero) is 1. The minimum atomic E-state index is -0.924. The summed E-state index contributed by atoms with van der Waals surface area (Å²) in [7, 11) is 0. The summed E-state index contributed by atoms with van der Waals surface area (Å²) < 4.78 is 20.0. The minimum Gasteiger partial charge on any atom is -0.326 e. The molecule has 3 aliphatic carbocycles. The highest BCUT2D eigenvalue weighted by Crippen LogP contribution is 2.44. The van der Waals surface area contributed by atoms with Gasteiger partial charge in [-0.1, -0.05) is 189 Å². The van der Waals surface area contributed by atoms with E-state index in [9.17, 15) is 19.2 Å². The van der Waals surface area contributed by atoms with Crippen LogP contribution in [0.15, 0.2) is 231 Å². The van der Waals surface area contributed by atoms with Crippen molar-refractivity contribution in [2.24, 2.45) is 52.2 Å². The van der Waals surface area contributed by atoms with Gasteiger partial charge in [-0.2, -0.15) is 15.3 Å². The molecular formula is C94H104FN15O4. The monoisotopic (exact) mass is 1530 g/mol. The van der Waals surface area contributed by atoms with Crippen LogP contribution in [0.1, 0.15) is 204 Å². The van der Waals surface area contributed by atoms with E-state index in [2.05, 4.69) is 106 Å². The van der Waals surface area contributed by atoms with Gasteiger partial charge in [-0.3, -0.25) is 19.2 Å². The van der Waals surface area contributed by atoms with E-state index in [0.717, 1.165) is 111 Å². The lowest BCUT2D eigenvalue weighted by Gasteiger charge is -2.32. The fourth-order valence-electron chi connectivity index (χ4n) is 14.9. The SMILES string of the molecule is CC(=O)c1ccc(C(N)(CCC2CC2)c2ccc(F)c(NC(=O)c3cc(C)nn3-c3cccc(CN)c3)c2)cc1.Cc1ccc(C(N)(CCC2CC2)c2cccc(NC(=O)c3cc(C)nn3-c3cccc(CN)c3)c2)cc1.Cc1cccc(C(N)(CCC2CC2)c2cccc(NC(=O)c3cc(C)nn3-c3cccc(CN)c3)c2)c1. The van der Waals surface area contributed by atoms with Crippen LogP contribution in [-0.4, -0.2) is 52.8 Å². The lowest BCUT2D eigenvalue weighted by atomic mass is 9.79. The Labute approximate surface area is 667 Å². The van der Waals surface area contributed by atoms with Crippen LogP contribution in [0.2, 0.25) is 0 Å². The van der Waals surface area contributed by atoms with Crippen LogP contribution < -0.4 is 50.4 Å². The van der Waals surface area contributed by atoms with Crippen LogP contribution in [0.25, 0.3) is 17.1 Å². The summed E-state index contributed by atoms with van der Waals surface area (Å²) in [6.07, 6.45) is 13.1. The molecule has 3 unspecified atom stereocenters. The Morgan fingerprint density at radius 3 is 1.11 bits per heavy atom. The van der Waals surface area contributed by atoms with Gasteiger partial charge in [0.25, 0.3) is 17.7 Å². The van der Waals surface area contributed by atoms with E-state index in [1.807, 2.05) is 135 Å². The zero-order valence-electron chi connectivity index (χ0n) is 65.9. The predicted molar refractivity (Wildman–Crippen MR) is 451 cm³/mol. The molecule has 3 heterocycles. The van der Waals surface area contributed by atoms with Crippen molar-refractivity contribution in [2.75, 3.05) is 16.0 Å². The van der Waals surface area contributed by atoms with Gasteiger partial charge in [0.05, 0.1) is 56.4 Å². The number of amides is 3. The van der Waals surface area contributed by atoms with E-state index >= 15 is 4.39 Å². The zero-order valence-corrected chi connectivity index (χ0v) is 65.9. The lowest BCUT2D eigenvalue weighted by Crippen LogP contribution is -2.38. The van der Waals surface area contributed by atoms with Crippen LogP contribution in [-0.2, 0) is 36.3 Å². The Kier molecular flexibility index (Phi) is 24.8. The quantitative estimate of drug-likeness (QED) is 0.0206. The summed E-state index contributed by atoms with van der Waals surface area (Å²) >= 11 is 0. The Morgan fingerprint density at radius 1 is 0.386 bits per heavy atom. The molecule has 3 fully saturated rings. The number of hydrogen-bond donors (Lipinski definition) is 9. The molecule has 0 spiro atoms. The smallest absolute Gasteiger partial charge is 0.274 e. The Bertz CT molecular complexity index is 5440. The molecule has 3 amide bonds. The number of aromatic nitrogens is 6. The molecule has 3 saturated carbocycles. The number of aryl methyl sites for hydroxylation is 5. The molecule has 15 rings (SSSR count).